The second-order valence-corrected chi connectivity index (χ2v) is 4.92. The maximum atomic E-state index is 11.0. The molecule has 1 heterocycles. The van der Waals surface area contributed by atoms with E-state index in [1.54, 1.807) is 6.20 Å². The molecule has 3 rings (SSSR count). The summed E-state index contributed by atoms with van der Waals surface area (Å²) in [5.41, 5.74) is 1.83. The van der Waals surface area contributed by atoms with E-state index in [1.165, 1.54) is 0 Å². The van der Waals surface area contributed by atoms with Crippen molar-refractivity contribution in [3.8, 4) is 11.3 Å². The van der Waals surface area contributed by atoms with Crippen LogP contribution < -0.4 is 0 Å². The van der Waals surface area contributed by atoms with Gasteiger partial charge in [0.25, 0.3) is 0 Å². The number of aliphatic hydroxyl groups is 1. The Morgan fingerprint density at radius 3 is 2.58 bits per heavy atom. The molecule has 0 amide bonds. The van der Waals surface area contributed by atoms with Crippen LogP contribution in [0.4, 0.5) is 0 Å². The second kappa shape index (κ2) is 4.20. The minimum atomic E-state index is -1.38. The minimum Gasteiger partial charge on any atom is -0.479 e. The maximum absolute atomic E-state index is 11.0. The van der Waals surface area contributed by atoms with Crippen molar-refractivity contribution in [3.05, 3.63) is 42.1 Å². The summed E-state index contributed by atoms with van der Waals surface area (Å²) in [5, 5.41) is 25.9. The van der Waals surface area contributed by atoms with E-state index in [1.807, 2.05) is 30.3 Å². The van der Waals surface area contributed by atoms with E-state index in [0.717, 1.165) is 16.8 Å². The number of H-pyrrole nitrogens is 1. The van der Waals surface area contributed by atoms with Crippen molar-refractivity contribution < 1.29 is 15.0 Å². The van der Waals surface area contributed by atoms with Crippen LogP contribution in [-0.2, 0) is 10.2 Å². The lowest BCUT2D eigenvalue weighted by Gasteiger charge is -2.18. The quantitative estimate of drug-likeness (QED) is 0.776. The number of rotatable bonds is 4. The first-order chi connectivity index (χ1) is 9.15. The standard InChI is InChI=1S/C14H14N2O3/c17-12(13(18)19)14(6-7-14)10-8-15-16-11(10)9-4-2-1-3-5-9/h1-5,8,12,17H,6-7H2,(H,15,16)(H,18,19). The molecule has 1 saturated carbocycles. The average Bonchev–Trinajstić information content (AvgIpc) is 3.08. The number of hydrogen-bond donors (Lipinski definition) is 3. The highest BCUT2D eigenvalue weighted by Crippen LogP contribution is 2.53. The Bertz CT molecular complexity index is 602. The summed E-state index contributed by atoms with van der Waals surface area (Å²) >= 11 is 0. The van der Waals surface area contributed by atoms with Crippen molar-refractivity contribution in [3.63, 3.8) is 0 Å². The van der Waals surface area contributed by atoms with Gasteiger partial charge in [-0.3, -0.25) is 5.10 Å². The molecule has 1 aliphatic rings. The Morgan fingerprint density at radius 2 is 2.00 bits per heavy atom. The third kappa shape index (κ3) is 1.82. The molecular weight excluding hydrogens is 244 g/mol. The number of nitrogens with zero attached hydrogens (tertiary/aromatic N) is 1. The van der Waals surface area contributed by atoms with E-state index in [-0.39, 0.29) is 0 Å². The highest BCUT2D eigenvalue weighted by atomic mass is 16.4. The first-order valence-corrected chi connectivity index (χ1v) is 6.15. The molecule has 2 aromatic rings. The van der Waals surface area contributed by atoms with Crippen LogP contribution in [-0.4, -0.2) is 32.5 Å². The van der Waals surface area contributed by atoms with E-state index in [2.05, 4.69) is 10.2 Å². The number of hydrogen-bond acceptors (Lipinski definition) is 3. The maximum Gasteiger partial charge on any atom is 0.333 e. The van der Waals surface area contributed by atoms with E-state index < -0.39 is 17.5 Å². The van der Waals surface area contributed by atoms with Gasteiger partial charge in [-0.1, -0.05) is 30.3 Å². The fraction of sp³-hybridized carbons (Fsp3) is 0.286. The van der Waals surface area contributed by atoms with Crippen LogP contribution in [0.2, 0.25) is 0 Å². The third-order valence-electron chi connectivity index (χ3n) is 3.78. The van der Waals surface area contributed by atoms with Gasteiger partial charge in [0.15, 0.2) is 6.10 Å². The van der Waals surface area contributed by atoms with Gasteiger partial charge < -0.3 is 10.2 Å². The minimum absolute atomic E-state index is 0.667. The molecule has 3 N–H and O–H groups in total. The fourth-order valence-electron chi connectivity index (χ4n) is 2.55. The van der Waals surface area contributed by atoms with Gasteiger partial charge in [-0.05, 0) is 18.4 Å². The molecule has 1 aliphatic carbocycles. The summed E-state index contributed by atoms with van der Waals surface area (Å²) in [6.45, 7) is 0. The number of carboxylic acids is 1. The normalized spacial score (nSPS) is 17.9. The monoisotopic (exact) mass is 258 g/mol. The van der Waals surface area contributed by atoms with Gasteiger partial charge >= 0.3 is 5.97 Å². The lowest BCUT2D eigenvalue weighted by atomic mass is 9.88. The number of aromatic amines is 1. The zero-order valence-electron chi connectivity index (χ0n) is 10.2. The largest absolute Gasteiger partial charge is 0.479 e. The Balaban J connectivity index is 2.04. The van der Waals surface area contributed by atoms with Crippen LogP contribution in [0.15, 0.2) is 36.5 Å². The van der Waals surface area contributed by atoms with E-state index in [9.17, 15) is 9.90 Å². The predicted molar refractivity (Wildman–Crippen MR) is 68.6 cm³/mol. The van der Waals surface area contributed by atoms with Gasteiger partial charge in [0.05, 0.1) is 11.9 Å². The van der Waals surface area contributed by atoms with Crippen LogP contribution in [0.5, 0.6) is 0 Å². The van der Waals surface area contributed by atoms with Gasteiger partial charge in [0.2, 0.25) is 0 Å². The Labute approximate surface area is 109 Å². The van der Waals surface area contributed by atoms with Crippen LogP contribution in [0.1, 0.15) is 18.4 Å². The van der Waals surface area contributed by atoms with Crippen molar-refractivity contribution in [1.29, 1.82) is 0 Å². The molecule has 1 aromatic carbocycles. The molecule has 5 heteroatoms. The molecule has 1 fully saturated rings. The molecule has 19 heavy (non-hydrogen) atoms. The Kier molecular flexibility index (Phi) is 2.64. The van der Waals surface area contributed by atoms with E-state index in [4.69, 9.17) is 5.11 Å². The number of benzene rings is 1. The summed E-state index contributed by atoms with van der Waals surface area (Å²) in [6, 6.07) is 9.60. The Morgan fingerprint density at radius 1 is 1.32 bits per heavy atom. The summed E-state index contributed by atoms with van der Waals surface area (Å²) in [5.74, 6) is -1.18. The lowest BCUT2D eigenvalue weighted by molar-refractivity contribution is -0.148. The molecular formula is C14H14N2O3. The van der Waals surface area contributed by atoms with Crippen molar-refractivity contribution in [1.82, 2.24) is 10.2 Å². The summed E-state index contributed by atoms with van der Waals surface area (Å²) < 4.78 is 0. The third-order valence-corrected chi connectivity index (χ3v) is 3.78. The van der Waals surface area contributed by atoms with Gasteiger partial charge in [0.1, 0.15) is 0 Å². The van der Waals surface area contributed by atoms with Gasteiger partial charge in [0, 0.05) is 11.0 Å². The van der Waals surface area contributed by atoms with E-state index >= 15 is 0 Å². The van der Waals surface area contributed by atoms with Crippen LogP contribution in [0, 0.1) is 0 Å². The molecule has 0 aliphatic heterocycles. The summed E-state index contributed by atoms with van der Waals surface area (Å²) in [7, 11) is 0. The number of aromatic nitrogens is 2. The number of nitrogens with one attached hydrogen (secondary N) is 1. The highest BCUT2D eigenvalue weighted by molar-refractivity contribution is 5.77. The molecule has 0 saturated heterocycles. The van der Waals surface area contributed by atoms with Crippen molar-refractivity contribution in [2.75, 3.05) is 0 Å². The smallest absolute Gasteiger partial charge is 0.333 e. The van der Waals surface area contributed by atoms with Crippen molar-refractivity contribution in [2.45, 2.75) is 24.4 Å². The second-order valence-electron chi connectivity index (χ2n) is 4.92. The molecule has 1 atom stereocenters. The molecule has 98 valence electrons. The van der Waals surface area contributed by atoms with Gasteiger partial charge in [-0.25, -0.2) is 4.79 Å². The first kappa shape index (κ1) is 11.9. The Hall–Kier alpha value is -2.14. The van der Waals surface area contributed by atoms with E-state index in [0.29, 0.717) is 12.8 Å². The summed E-state index contributed by atoms with van der Waals surface area (Å²) in [4.78, 5) is 11.0. The number of carboxylic acid groups (broad SMARTS) is 1. The lowest BCUT2D eigenvalue weighted by Crippen LogP contribution is -2.34. The van der Waals surface area contributed by atoms with Crippen LogP contribution >= 0.6 is 0 Å². The molecule has 0 radical (unpaired) electrons. The molecule has 0 bridgehead atoms. The highest BCUT2D eigenvalue weighted by Gasteiger charge is 2.55. The zero-order chi connectivity index (χ0) is 13.5. The zero-order valence-corrected chi connectivity index (χ0v) is 10.2. The number of carbonyl (C=O) groups is 1. The summed E-state index contributed by atoms with van der Waals surface area (Å²) in [6.07, 6.45) is 1.58. The fourth-order valence-corrected chi connectivity index (χ4v) is 2.55. The van der Waals surface area contributed by atoms with Crippen molar-refractivity contribution >= 4 is 5.97 Å². The molecule has 5 nitrogen and oxygen atoms in total. The number of aliphatic carboxylic acids is 1. The first-order valence-electron chi connectivity index (χ1n) is 6.15. The molecule has 1 aromatic heterocycles. The van der Waals surface area contributed by atoms with Crippen molar-refractivity contribution in [2.24, 2.45) is 0 Å². The predicted octanol–water partition coefficient (Wildman–Crippen LogP) is 1.55. The van der Waals surface area contributed by atoms with Crippen LogP contribution in [0.3, 0.4) is 0 Å². The van der Waals surface area contributed by atoms with Crippen LogP contribution in [0.25, 0.3) is 11.3 Å². The average molecular weight is 258 g/mol. The topological polar surface area (TPSA) is 86.2 Å². The molecule has 1 unspecified atom stereocenters. The van der Waals surface area contributed by atoms with Gasteiger partial charge in [-0.15, -0.1) is 0 Å². The molecule has 0 spiro atoms. The number of aliphatic hydroxyl groups excluding tert-OH is 1. The van der Waals surface area contributed by atoms with Gasteiger partial charge in [-0.2, -0.15) is 5.10 Å². The SMILES string of the molecule is O=C(O)C(O)C1(c2cn[nH]c2-c2ccccc2)CC1.